The predicted molar refractivity (Wildman–Crippen MR) is 274 cm³/mol. The SMILES string of the molecule is CC[C@H](C)[C@H](NC(=O)[C@H](CCCCN)NC(=O)[C@H](CCCCN)NC(=O)[C@H](CCCCN)NC(=O)CNC(=O)[C@H](CC(C)C)NC(=O)[C@@H](NC(=O)CN)C(C)C)C(=O)N[C@@H](CO)C(=O)N[C@@H](CC(C)C)C(=O)O. The highest BCUT2D eigenvalue weighted by molar-refractivity contribution is 5.98. The number of rotatable bonds is 39. The molecule has 0 aromatic carbocycles. The first-order valence-electron chi connectivity index (χ1n) is 25.7. The Bertz CT molecular complexity index is 1750. The van der Waals surface area contributed by atoms with E-state index in [-0.39, 0.29) is 76.0 Å². The quantitative estimate of drug-likeness (QED) is 0.0277. The van der Waals surface area contributed by atoms with Crippen LogP contribution in [0.1, 0.15) is 132 Å². The first kappa shape index (κ1) is 67.5. The highest BCUT2D eigenvalue weighted by Crippen LogP contribution is 2.13. The molecule has 420 valence electrons. The monoisotopic (exact) mass is 1040 g/mol. The largest absolute Gasteiger partial charge is 0.480 e. The van der Waals surface area contributed by atoms with Crippen molar-refractivity contribution >= 4 is 59.1 Å². The molecule has 0 aliphatic heterocycles. The summed E-state index contributed by atoms with van der Waals surface area (Å²) in [7, 11) is 0. The molecular weight excluding hydrogens is 951 g/mol. The first-order valence-corrected chi connectivity index (χ1v) is 25.7. The van der Waals surface area contributed by atoms with Crippen LogP contribution < -0.4 is 70.8 Å². The van der Waals surface area contributed by atoms with Crippen LogP contribution >= 0.6 is 0 Å². The van der Waals surface area contributed by atoms with Crippen molar-refractivity contribution < 1.29 is 58.2 Å². The minimum atomic E-state index is -1.56. The third-order valence-electron chi connectivity index (χ3n) is 11.9. The molecule has 0 aromatic rings. The van der Waals surface area contributed by atoms with E-state index in [0.717, 1.165) is 0 Å². The van der Waals surface area contributed by atoms with Gasteiger partial charge >= 0.3 is 5.97 Å². The summed E-state index contributed by atoms with van der Waals surface area (Å²) in [4.78, 5) is 133. The zero-order chi connectivity index (χ0) is 55.8. The Kier molecular flexibility index (Phi) is 34.5. The van der Waals surface area contributed by atoms with E-state index in [1.54, 1.807) is 41.5 Å². The molecule has 73 heavy (non-hydrogen) atoms. The number of carbonyl (C=O) groups is 10. The summed E-state index contributed by atoms with van der Waals surface area (Å²) in [6.45, 7) is 13.1. The summed E-state index contributed by atoms with van der Waals surface area (Å²) in [6.07, 6.45) is 3.45. The van der Waals surface area contributed by atoms with Crippen molar-refractivity contribution in [3.05, 3.63) is 0 Å². The zero-order valence-corrected chi connectivity index (χ0v) is 44.4. The molecule has 9 amide bonds. The molecule has 25 heteroatoms. The van der Waals surface area contributed by atoms with Gasteiger partial charge in [-0.3, -0.25) is 43.2 Å². The van der Waals surface area contributed by atoms with E-state index in [1.165, 1.54) is 0 Å². The Morgan fingerprint density at radius 2 is 0.836 bits per heavy atom. The smallest absolute Gasteiger partial charge is 0.326 e. The summed E-state index contributed by atoms with van der Waals surface area (Å²) in [6, 6.07) is -9.91. The second-order valence-corrected chi connectivity index (χ2v) is 19.6. The minimum Gasteiger partial charge on any atom is -0.480 e. The minimum absolute atomic E-state index is 0.0650. The van der Waals surface area contributed by atoms with E-state index in [2.05, 4.69) is 47.9 Å². The van der Waals surface area contributed by atoms with Crippen LogP contribution in [0.25, 0.3) is 0 Å². The maximum atomic E-state index is 14.2. The second kappa shape index (κ2) is 37.3. The number of carbonyl (C=O) groups excluding carboxylic acids is 9. The lowest BCUT2D eigenvalue weighted by Gasteiger charge is -2.29. The van der Waals surface area contributed by atoms with Crippen LogP contribution in [0, 0.1) is 23.7 Å². The molecule has 0 saturated carbocycles. The van der Waals surface area contributed by atoms with Gasteiger partial charge in [0.05, 0.1) is 19.7 Å². The molecule has 0 bridgehead atoms. The maximum absolute atomic E-state index is 14.2. The standard InChI is InChI=1S/C48H91N13O12/c1-9-30(8)40(47(71)59-36(26-62)45(69)58-35(48(72)73)23-28(4)5)61-44(68)33(18-12-15-21-51)56-43(67)32(17-11-14-20-50)55-42(66)31(16-10-13-19-49)54-38(64)25-53-41(65)34(22-27(2)3)57-46(70)39(29(6)7)60-37(63)24-52/h27-36,39-40,62H,9-26,49-52H2,1-8H3,(H,53,65)(H,54,64)(H,55,66)(H,56,67)(H,57,70)(H,58,69)(H,59,71)(H,60,63)(H,61,68)(H,72,73)/t30-,31-,32-,33-,34-,35-,36-,39-,40-/m0/s1. The fourth-order valence-corrected chi connectivity index (χ4v) is 7.47. The number of carboxylic acid groups (broad SMARTS) is 1. The van der Waals surface area contributed by atoms with Crippen LogP contribution in [0.3, 0.4) is 0 Å². The Hall–Kier alpha value is -5.50. The van der Waals surface area contributed by atoms with Crippen LogP contribution in [0.2, 0.25) is 0 Å². The molecular formula is C48H91N13O12. The molecule has 25 nitrogen and oxygen atoms in total. The van der Waals surface area contributed by atoms with E-state index < -0.39 is 127 Å². The van der Waals surface area contributed by atoms with E-state index in [9.17, 15) is 58.2 Å². The Morgan fingerprint density at radius 1 is 0.438 bits per heavy atom. The first-order chi connectivity index (χ1) is 34.4. The molecule has 0 rings (SSSR count). The van der Waals surface area contributed by atoms with Crippen molar-refractivity contribution in [2.75, 3.05) is 39.3 Å². The van der Waals surface area contributed by atoms with Crippen molar-refractivity contribution in [3.63, 3.8) is 0 Å². The highest BCUT2D eigenvalue weighted by atomic mass is 16.4. The van der Waals surface area contributed by atoms with Crippen LogP contribution in [0.15, 0.2) is 0 Å². The summed E-state index contributed by atoms with van der Waals surface area (Å²) in [5.74, 6) is -9.02. The van der Waals surface area contributed by atoms with Crippen molar-refractivity contribution in [1.82, 2.24) is 47.9 Å². The van der Waals surface area contributed by atoms with Gasteiger partial charge in [0.2, 0.25) is 53.2 Å². The lowest BCUT2D eigenvalue weighted by Crippen LogP contribution is -2.61. The number of aliphatic hydroxyl groups excluding tert-OH is 1. The third-order valence-corrected chi connectivity index (χ3v) is 11.9. The van der Waals surface area contributed by atoms with Gasteiger partial charge in [-0.25, -0.2) is 4.79 Å². The summed E-state index contributed by atoms with van der Waals surface area (Å²) in [5, 5.41) is 42.9. The summed E-state index contributed by atoms with van der Waals surface area (Å²) >= 11 is 0. The molecule has 9 atom stereocenters. The second-order valence-electron chi connectivity index (χ2n) is 19.6. The van der Waals surface area contributed by atoms with Crippen LogP contribution in [-0.2, 0) is 47.9 Å². The number of nitrogens with two attached hydrogens (primary N) is 4. The average molecular weight is 1040 g/mol. The van der Waals surface area contributed by atoms with E-state index in [4.69, 9.17) is 22.9 Å². The van der Waals surface area contributed by atoms with Crippen molar-refractivity contribution in [1.29, 1.82) is 0 Å². The zero-order valence-electron chi connectivity index (χ0n) is 44.4. The normalized spacial score (nSPS) is 15.0. The van der Waals surface area contributed by atoms with Gasteiger partial charge in [-0.1, -0.05) is 61.8 Å². The number of hydrogen-bond acceptors (Lipinski definition) is 15. The lowest BCUT2D eigenvalue weighted by atomic mass is 9.96. The van der Waals surface area contributed by atoms with Gasteiger partial charge < -0.3 is 81.0 Å². The number of unbranched alkanes of at least 4 members (excludes halogenated alkanes) is 3. The number of hydrogen-bond donors (Lipinski definition) is 15. The molecule has 0 heterocycles. The molecule has 0 radical (unpaired) electrons. The topological polar surface area (TPSA) is 424 Å². The van der Waals surface area contributed by atoms with Crippen LogP contribution in [0.4, 0.5) is 0 Å². The van der Waals surface area contributed by atoms with Gasteiger partial charge in [-0.05, 0) is 114 Å². The molecule has 0 saturated heterocycles. The predicted octanol–water partition coefficient (Wildman–Crippen LogP) is -2.80. The maximum Gasteiger partial charge on any atom is 0.326 e. The van der Waals surface area contributed by atoms with Gasteiger partial charge in [0, 0.05) is 0 Å². The number of aliphatic carboxylic acids is 1. The molecule has 0 aliphatic rings. The third kappa shape index (κ3) is 27.4. The van der Waals surface area contributed by atoms with Gasteiger partial charge in [0.1, 0.15) is 48.3 Å². The highest BCUT2D eigenvalue weighted by Gasteiger charge is 2.35. The number of amides is 9. The Labute approximate surface area is 430 Å². The molecule has 0 unspecified atom stereocenters. The van der Waals surface area contributed by atoms with Crippen LogP contribution in [0.5, 0.6) is 0 Å². The fourth-order valence-electron chi connectivity index (χ4n) is 7.47. The lowest BCUT2D eigenvalue weighted by molar-refractivity contribution is -0.143. The Balaban J connectivity index is 6.48. The van der Waals surface area contributed by atoms with Crippen molar-refractivity contribution in [2.24, 2.45) is 46.6 Å². The fraction of sp³-hybridized carbons (Fsp3) is 0.792. The molecule has 0 fully saturated rings. The number of aliphatic hydroxyl groups is 1. The molecule has 0 aliphatic carbocycles. The van der Waals surface area contributed by atoms with Crippen molar-refractivity contribution in [3.8, 4) is 0 Å². The Morgan fingerprint density at radius 3 is 1.25 bits per heavy atom. The van der Waals surface area contributed by atoms with Crippen molar-refractivity contribution in [2.45, 2.75) is 181 Å². The molecule has 0 aromatic heterocycles. The molecule has 19 N–H and O–H groups in total. The van der Waals surface area contributed by atoms with Gasteiger partial charge in [0.15, 0.2) is 0 Å². The van der Waals surface area contributed by atoms with E-state index >= 15 is 0 Å². The van der Waals surface area contributed by atoms with E-state index in [1.807, 2.05) is 13.8 Å². The summed E-state index contributed by atoms with van der Waals surface area (Å²) in [5.41, 5.74) is 22.7. The number of carboxylic acids is 1. The number of nitrogens with one attached hydrogen (secondary N) is 9. The van der Waals surface area contributed by atoms with E-state index in [0.29, 0.717) is 44.9 Å². The van der Waals surface area contributed by atoms with Gasteiger partial charge in [0.25, 0.3) is 0 Å². The van der Waals surface area contributed by atoms with Gasteiger partial charge in [-0.2, -0.15) is 0 Å². The molecule has 0 spiro atoms. The average Bonchev–Trinajstić information content (AvgIpc) is 3.33. The van der Waals surface area contributed by atoms with Gasteiger partial charge in [-0.15, -0.1) is 0 Å². The van der Waals surface area contributed by atoms with Crippen LogP contribution in [-0.4, -0.2) is 157 Å². The summed E-state index contributed by atoms with van der Waals surface area (Å²) < 4.78 is 0.